The van der Waals surface area contributed by atoms with Gasteiger partial charge in [0, 0.05) is 12.1 Å². The zero-order valence-corrected chi connectivity index (χ0v) is 12.2. The van der Waals surface area contributed by atoms with Gasteiger partial charge < -0.3 is 10.1 Å². The van der Waals surface area contributed by atoms with Crippen LogP contribution in [0.4, 0.5) is 4.39 Å². The van der Waals surface area contributed by atoms with Crippen LogP contribution in [0.15, 0.2) is 42.5 Å². The summed E-state index contributed by atoms with van der Waals surface area (Å²) in [4.78, 5) is 11.7. The van der Waals surface area contributed by atoms with Gasteiger partial charge in [0.05, 0.1) is 0 Å². The van der Waals surface area contributed by atoms with Crippen molar-refractivity contribution in [2.24, 2.45) is 0 Å². The van der Waals surface area contributed by atoms with E-state index in [-0.39, 0.29) is 24.9 Å². The summed E-state index contributed by atoms with van der Waals surface area (Å²) >= 11 is 0. The van der Waals surface area contributed by atoms with Crippen molar-refractivity contribution in [3.63, 3.8) is 0 Å². The highest BCUT2D eigenvalue weighted by Crippen LogP contribution is 2.20. The van der Waals surface area contributed by atoms with Gasteiger partial charge in [-0.2, -0.15) is 0 Å². The van der Waals surface area contributed by atoms with Crippen LogP contribution < -0.4 is 10.1 Å². The monoisotopic (exact) mass is 287 g/mol. The fraction of sp³-hybridized carbons (Fsp3) is 0.235. The molecule has 0 saturated heterocycles. The van der Waals surface area contributed by atoms with E-state index in [1.807, 2.05) is 32.0 Å². The molecule has 3 nitrogen and oxygen atoms in total. The number of carbonyl (C=O) groups excluding carboxylic acids is 1. The molecule has 4 heteroatoms. The van der Waals surface area contributed by atoms with E-state index in [2.05, 4.69) is 5.32 Å². The number of aryl methyl sites for hydroxylation is 1. The molecule has 0 fully saturated rings. The van der Waals surface area contributed by atoms with Crippen LogP contribution in [0.25, 0.3) is 0 Å². The number of benzene rings is 2. The molecule has 1 amide bonds. The van der Waals surface area contributed by atoms with Crippen molar-refractivity contribution in [2.75, 3.05) is 6.61 Å². The van der Waals surface area contributed by atoms with Crippen molar-refractivity contribution in [3.05, 3.63) is 65.0 Å². The van der Waals surface area contributed by atoms with E-state index in [4.69, 9.17) is 4.74 Å². The number of hydrogen-bond acceptors (Lipinski definition) is 2. The van der Waals surface area contributed by atoms with Crippen LogP contribution in [0.5, 0.6) is 5.75 Å². The van der Waals surface area contributed by atoms with Gasteiger partial charge in [0.1, 0.15) is 11.6 Å². The van der Waals surface area contributed by atoms with Gasteiger partial charge in [-0.3, -0.25) is 4.79 Å². The minimum Gasteiger partial charge on any atom is -0.483 e. The minimum atomic E-state index is -0.326. The number of ether oxygens (including phenoxy) is 1. The van der Waals surface area contributed by atoms with Crippen LogP contribution in [-0.2, 0) is 11.3 Å². The van der Waals surface area contributed by atoms with E-state index >= 15 is 0 Å². The average molecular weight is 287 g/mol. The molecule has 0 aromatic heterocycles. The molecule has 2 rings (SSSR count). The highest BCUT2D eigenvalue weighted by molar-refractivity contribution is 5.77. The van der Waals surface area contributed by atoms with Gasteiger partial charge in [-0.15, -0.1) is 0 Å². The first-order chi connectivity index (χ1) is 10.1. The Morgan fingerprint density at radius 2 is 1.90 bits per heavy atom. The Morgan fingerprint density at radius 3 is 2.67 bits per heavy atom. The molecule has 0 atom stereocenters. The van der Waals surface area contributed by atoms with E-state index in [9.17, 15) is 9.18 Å². The largest absolute Gasteiger partial charge is 0.483 e. The second-order valence-electron chi connectivity index (χ2n) is 4.85. The van der Waals surface area contributed by atoms with Crippen molar-refractivity contribution in [1.29, 1.82) is 0 Å². The summed E-state index contributed by atoms with van der Waals surface area (Å²) in [6.45, 7) is 4.00. The molecule has 0 aliphatic heterocycles. The Balaban J connectivity index is 1.85. The van der Waals surface area contributed by atoms with Crippen LogP contribution in [0.3, 0.4) is 0 Å². The van der Waals surface area contributed by atoms with Crippen molar-refractivity contribution >= 4 is 5.91 Å². The summed E-state index contributed by atoms with van der Waals surface area (Å²) in [6, 6.07) is 12.1. The van der Waals surface area contributed by atoms with E-state index < -0.39 is 0 Å². The number of carbonyl (C=O) groups is 1. The lowest BCUT2D eigenvalue weighted by atomic mass is 10.1. The zero-order valence-electron chi connectivity index (χ0n) is 12.2. The highest BCUT2D eigenvalue weighted by atomic mass is 19.1. The van der Waals surface area contributed by atoms with Gasteiger partial charge >= 0.3 is 0 Å². The Hall–Kier alpha value is -2.36. The smallest absolute Gasteiger partial charge is 0.258 e. The number of hydrogen-bond donors (Lipinski definition) is 1. The molecule has 0 aliphatic carbocycles. The summed E-state index contributed by atoms with van der Waals surface area (Å²) in [6.07, 6.45) is 0. The summed E-state index contributed by atoms with van der Waals surface area (Å²) in [5.74, 6) is 0.0865. The third-order valence-corrected chi connectivity index (χ3v) is 3.35. The zero-order chi connectivity index (χ0) is 15.2. The molecule has 0 spiro atoms. The Morgan fingerprint density at radius 1 is 1.14 bits per heavy atom. The van der Waals surface area contributed by atoms with Crippen LogP contribution in [0.1, 0.15) is 16.7 Å². The number of halogens is 1. The predicted octanol–water partition coefficient (Wildman–Crippen LogP) is 3.14. The average Bonchev–Trinajstić information content (AvgIpc) is 2.48. The third-order valence-electron chi connectivity index (χ3n) is 3.35. The molecule has 0 aliphatic rings. The van der Waals surface area contributed by atoms with Gasteiger partial charge in [-0.05, 0) is 37.1 Å². The molecule has 2 aromatic rings. The molecule has 21 heavy (non-hydrogen) atoms. The van der Waals surface area contributed by atoms with Crippen LogP contribution >= 0.6 is 0 Å². The highest BCUT2D eigenvalue weighted by Gasteiger charge is 2.07. The first kappa shape index (κ1) is 15.0. The minimum absolute atomic E-state index is 0.0846. The second kappa shape index (κ2) is 6.88. The van der Waals surface area contributed by atoms with E-state index in [0.717, 1.165) is 11.1 Å². The van der Waals surface area contributed by atoms with E-state index in [1.54, 1.807) is 18.2 Å². The predicted molar refractivity (Wildman–Crippen MR) is 79.7 cm³/mol. The number of nitrogens with one attached hydrogen (secondary N) is 1. The number of amides is 1. The van der Waals surface area contributed by atoms with Crippen molar-refractivity contribution in [1.82, 2.24) is 5.32 Å². The molecule has 1 N–H and O–H groups in total. The molecule has 0 radical (unpaired) electrons. The van der Waals surface area contributed by atoms with Gasteiger partial charge in [0.15, 0.2) is 6.61 Å². The Kier molecular flexibility index (Phi) is 4.93. The van der Waals surface area contributed by atoms with E-state index in [0.29, 0.717) is 11.3 Å². The first-order valence-corrected chi connectivity index (χ1v) is 6.77. The maximum atomic E-state index is 13.4. The lowest BCUT2D eigenvalue weighted by molar-refractivity contribution is -0.123. The standard InChI is InChI=1S/C17H18FNO2/c1-12-6-5-9-16(13(12)2)21-11-17(20)19-10-14-7-3-4-8-15(14)18/h3-9H,10-11H2,1-2H3,(H,19,20). The molecular weight excluding hydrogens is 269 g/mol. The summed E-state index contributed by atoms with van der Waals surface area (Å²) in [5.41, 5.74) is 2.58. The lowest BCUT2D eigenvalue weighted by Gasteiger charge is -2.11. The van der Waals surface area contributed by atoms with E-state index in [1.165, 1.54) is 6.07 Å². The van der Waals surface area contributed by atoms with Gasteiger partial charge in [0.2, 0.25) is 0 Å². The topological polar surface area (TPSA) is 38.3 Å². The van der Waals surface area contributed by atoms with Crippen LogP contribution in [-0.4, -0.2) is 12.5 Å². The van der Waals surface area contributed by atoms with Crippen molar-refractivity contribution < 1.29 is 13.9 Å². The fourth-order valence-electron chi connectivity index (χ4n) is 1.91. The van der Waals surface area contributed by atoms with Crippen molar-refractivity contribution in [3.8, 4) is 5.75 Å². The maximum Gasteiger partial charge on any atom is 0.258 e. The molecule has 110 valence electrons. The Bertz CT molecular complexity index is 640. The second-order valence-corrected chi connectivity index (χ2v) is 4.85. The van der Waals surface area contributed by atoms with Gasteiger partial charge in [0.25, 0.3) is 5.91 Å². The van der Waals surface area contributed by atoms with Gasteiger partial charge in [-0.25, -0.2) is 4.39 Å². The van der Waals surface area contributed by atoms with Crippen LogP contribution in [0, 0.1) is 19.7 Å². The normalized spacial score (nSPS) is 10.2. The first-order valence-electron chi connectivity index (χ1n) is 6.77. The molecule has 0 saturated carbocycles. The quantitative estimate of drug-likeness (QED) is 0.917. The molecule has 0 unspecified atom stereocenters. The SMILES string of the molecule is Cc1cccc(OCC(=O)NCc2ccccc2F)c1C. The molecule has 0 bridgehead atoms. The van der Waals surface area contributed by atoms with Crippen LogP contribution in [0.2, 0.25) is 0 Å². The fourth-order valence-corrected chi connectivity index (χ4v) is 1.91. The molecule has 2 aromatic carbocycles. The Labute approximate surface area is 123 Å². The lowest BCUT2D eigenvalue weighted by Crippen LogP contribution is -2.28. The summed E-state index contributed by atoms with van der Waals surface area (Å²) in [5, 5.41) is 2.64. The maximum absolute atomic E-state index is 13.4. The summed E-state index contributed by atoms with van der Waals surface area (Å²) < 4.78 is 18.9. The molecular formula is C17H18FNO2. The van der Waals surface area contributed by atoms with Gasteiger partial charge in [-0.1, -0.05) is 30.3 Å². The number of rotatable bonds is 5. The van der Waals surface area contributed by atoms with Crippen molar-refractivity contribution in [2.45, 2.75) is 20.4 Å². The third kappa shape index (κ3) is 4.05. The summed E-state index contributed by atoms with van der Waals surface area (Å²) in [7, 11) is 0. The molecule has 0 heterocycles.